The molecular weight excluding hydrogens is 221 g/mol. The molecule has 1 aliphatic heterocycles. The molecule has 6 heteroatoms. The molecule has 0 aromatic heterocycles. The van der Waals surface area contributed by atoms with E-state index < -0.39 is 17.6 Å². The molecule has 3 nitrogen and oxygen atoms in total. The molecule has 1 aliphatic rings. The number of unbranched alkanes of at least 4 members (excludes halogenated alkanes) is 2. The zero-order chi connectivity index (χ0) is 12.2. The highest BCUT2D eigenvalue weighted by molar-refractivity contribution is 5.99. The van der Waals surface area contributed by atoms with Crippen LogP contribution in [0.2, 0.25) is 0 Å². The van der Waals surface area contributed by atoms with E-state index in [-0.39, 0.29) is 0 Å². The number of alkyl halides is 3. The van der Waals surface area contributed by atoms with E-state index in [0.717, 1.165) is 31.4 Å². The van der Waals surface area contributed by atoms with Crippen molar-refractivity contribution in [2.24, 2.45) is 5.10 Å². The monoisotopic (exact) mass is 236 g/mol. The second-order valence-corrected chi connectivity index (χ2v) is 3.82. The van der Waals surface area contributed by atoms with E-state index >= 15 is 0 Å². The summed E-state index contributed by atoms with van der Waals surface area (Å²) in [7, 11) is 0. The first-order chi connectivity index (χ1) is 7.37. The Morgan fingerprint density at radius 1 is 1.44 bits per heavy atom. The maximum atomic E-state index is 12.2. The molecule has 0 saturated carbocycles. The van der Waals surface area contributed by atoms with Crippen LogP contribution in [0, 0.1) is 0 Å². The minimum Gasteiger partial charge on any atom is -0.366 e. The van der Waals surface area contributed by atoms with Crippen LogP contribution in [0.5, 0.6) is 0 Å². The van der Waals surface area contributed by atoms with Crippen LogP contribution in [0.1, 0.15) is 32.6 Å². The van der Waals surface area contributed by atoms with Gasteiger partial charge in [-0.2, -0.15) is 18.3 Å². The lowest BCUT2D eigenvalue weighted by Gasteiger charge is -2.27. The topological polar surface area (TPSA) is 44.6 Å². The first-order valence-electron chi connectivity index (χ1n) is 5.21. The predicted octanol–water partition coefficient (Wildman–Crippen LogP) is 2.33. The van der Waals surface area contributed by atoms with Crippen LogP contribution in [0.25, 0.3) is 0 Å². The fourth-order valence-corrected chi connectivity index (χ4v) is 1.39. The molecule has 1 rings (SSSR count). The third kappa shape index (κ3) is 3.52. The van der Waals surface area contributed by atoms with E-state index in [1.54, 1.807) is 0 Å². The van der Waals surface area contributed by atoms with Gasteiger partial charge in [-0.3, -0.25) is 5.43 Å². The Morgan fingerprint density at radius 3 is 2.56 bits per heavy atom. The fraction of sp³-hybridized carbons (Fsp3) is 0.700. The number of nitrogens with zero attached hydrogens (tertiary/aromatic N) is 1. The highest BCUT2D eigenvalue weighted by Gasteiger charge is 2.37. The molecule has 92 valence electrons. The number of allylic oxidation sites excluding steroid dienone is 1. The summed E-state index contributed by atoms with van der Waals surface area (Å²) in [5.41, 5.74) is -0.314. The van der Waals surface area contributed by atoms with Crippen molar-refractivity contribution in [1.82, 2.24) is 5.43 Å². The van der Waals surface area contributed by atoms with E-state index in [2.05, 4.69) is 10.5 Å². The van der Waals surface area contributed by atoms with Crippen molar-refractivity contribution < 1.29 is 18.3 Å². The molecule has 1 atom stereocenters. The van der Waals surface area contributed by atoms with Gasteiger partial charge in [0, 0.05) is 6.42 Å². The summed E-state index contributed by atoms with van der Waals surface area (Å²) in [5, 5.41) is 12.9. The van der Waals surface area contributed by atoms with Gasteiger partial charge in [0.25, 0.3) is 0 Å². The van der Waals surface area contributed by atoms with Gasteiger partial charge < -0.3 is 5.11 Å². The summed E-state index contributed by atoms with van der Waals surface area (Å²) in [6.45, 7) is 2.01. The zero-order valence-corrected chi connectivity index (χ0v) is 9.01. The van der Waals surface area contributed by atoms with Crippen molar-refractivity contribution in [3.8, 4) is 0 Å². The third-order valence-corrected chi connectivity index (χ3v) is 2.34. The summed E-state index contributed by atoms with van der Waals surface area (Å²) in [6, 6.07) is 0. The molecule has 0 aromatic carbocycles. The molecule has 0 aliphatic carbocycles. The molecular formula is C10H15F3N2O. The third-order valence-electron chi connectivity index (χ3n) is 2.34. The summed E-state index contributed by atoms with van der Waals surface area (Å²) >= 11 is 0. The second-order valence-electron chi connectivity index (χ2n) is 3.82. The van der Waals surface area contributed by atoms with Gasteiger partial charge in [0.05, 0.1) is 0 Å². The molecule has 2 N–H and O–H groups in total. The van der Waals surface area contributed by atoms with Crippen LogP contribution in [-0.2, 0) is 0 Å². The molecule has 0 amide bonds. The zero-order valence-electron chi connectivity index (χ0n) is 9.01. The van der Waals surface area contributed by atoms with Crippen LogP contribution in [0.3, 0.4) is 0 Å². The van der Waals surface area contributed by atoms with Gasteiger partial charge in [-0.15, -0.1) is 0 Å². The minimum absolute atomic E-state index is 0.353. The van der Waals surface area contributed by atoms with Crippen molar-refractivity contribution in [3.05, 3.63) is 12.2 Å². The van der Waals surface area contributed by atoms with Gasteiger partial charge >= 0.3 is 6.18 Å². The lowest BCUT2D eigenvalue weighted by atomic mass is 10.0. The molecule has 0 aromatic rings. The van der Waals surface area contributed by atoms with Gasteiger partial charge in [0.15, 0.2) is 11.4 Å². The molecule has 1 unspecified atom stereocenters. The number of aliphatic hydroxyl groups is 1. The Labute approximate surface area is 92.0 Å². The average Bonchev–Trinajstić information content (AvgIpc) is 2.17. The number of hydrazone groups is 1. The van der Waals surface area contributed by atoms with E-state index in [4.69, 9.17) is 0 Å². The van der Waals surface area contributed by atoms with Gasteiger partial charge in [-0.25, -0.2) is 0 Å². The lowest BCUT2D eigenvalue weighted by Crippen LogP contribution is -2.44. The van der Waals surface area contributed by atoms with Crippen molar-refractivity contribution in [3.63, 3.8) is 0 Å². The van der Waals surface area contributed by atoms with Crippen LogP contribution in [0.15, 0.2) is 17.3 Å². The lowest BCUT2D eigenvalue weighted by molar-refractivity contribution is -0.0597. The van der Waals surface area contributed by atoms with Crippen LogP contribution >= 0.6 is 0 Å². The van der Waals surface area contributed by atoms with E-state index in [1.807, 2.05) is 6.92 Å². The predicted molar refractivity (Wildman–Crippen MR) is 54.9 cm³/mol. The second kappa shape index (κ2) is 4.86. The van der Waals surface area contributed by atoms with Crippen LogP contribution in [0.4, 0.5) is 13.2 Å². The molecule has 1 heterocycles. The quantitative estimate of drug-likeness (QED) is 0.736. The van der Waals surface area contributed by atoms with Crippen molar-refractivity contribution in [2.75, 3.05) is 0 Å². The molecule has 0 bridgehead atoms. The summed E-state index contributed by atoms with van der Waals surface area (Å²) in [4.78, 5) is 0. The number of hydrogen-bond acceptors (Lipinski definition) is 3. The number of rotatable bonds is 4. The molecule has 16 heavy (non-hydrogen) atoms. The van der Waals surface area contributed by atoms with Crippen molar-refractivity contribution in [2.45, 2.75) is 44.5 Å². The highest BCUT2D eigenvalue weighted by Crippen LogP contribution is 2.23. The average molecular weight is 236 g/mol. The Morgan fingerprint density at radius 2 is 2.12 bits per heavy atom. The van der Waals surface area contributed by atoms with Gasteiger partial charge in [-0.05, 0) is 18.6 Å². The Bertz CT molecular complexity index is 299. The van der Waals surface area contributed by atoms with Crippen molar-refractivity contribution in [1.29, 1.82) is 0 Å². The summed E-state index contributed by atoms with van der Waals surface area (Å²) in [6.07, 6.45) is 0.437. The Hall–Kier alpha value is -1.04. The molecule has 0 fully saturated rings. The molecule has 0 spiro atoms. The SMILES string of the molecule is CCCCCC1(O)C=CC(C(F)(F)F)=NN1. The highest BCUT2D eigenvalue weighted by atomic mass is 19.4. The summed E-state index contributed by atoms with van der Waals surface area (Å²) < 4.78 is 36.6. The first kappa shape index (κ1) is 13.0. The van der Waals surface area contributed by atoms with Crippen molar-refractivity contribution >= 4 is 5.71 Å². The Balaban J connectivity index is 2.53. The molecule has 0 radical (unpaired) electrons. The standard InChI is InChI=1S/C10H15F3N2O/c1-2-3-4-6-9(16)7-5-8(14-15-9)10(11,12)13/h5,7,15-16H,2-4,6H2,1H3. The smallest absolute Gasteiger partial charge is 0.366 e. The van der Waals surface area contributed by atoms with Crippen LogP contribution in [-0.4, -0.2) is 22.7 Å². The largest absolute Gasteiger partial charge is 0.435 e. The Kier molecular flexibility index (Phi) is 3.96. The van der Waals surface area contributed by atoms with Crippen LogP contribution < -0.4 is 5.43 Å². The van der Waals surface area contributed by atoms with Gasteiger partial charge in [0.1, 0.15) is 0 Å². The maximum Gasteiger partial charge on any atom is 0.435 e. The van der Waals surface area contributed by atoms with Gasteiger partial charge in [0.2, 0.25) is 0 Å². The number of hydrogen-bond donors (Lipinski definition) is 2. The minimum atomic E-state index is -4.48. The van der Waals surface area contributed by atoms with E-state index in [1.165, 1.54) is 0 Å². The van der Waals surface area contributed by atoms with Gasteiger partial charge in [-0.1, -0.05) is 19.8 Å². The first-order valence-corrected chi connectivity index (χ1v) is 5.21. The summed E-state index contributed by atoms with van der Waals surface area (Å²) in [5.74, 6) is 0. The maximum absolute atomic E-state index is 12.2. The van der Waals surface area contributed by atoms with E-state index in [9.17, 15) is 18.3 Å². The van der Waals surface area contributed by atoms with E-state index in [0.29, 0.717) is 6.42 Å². The molecule has 0 saturated heterocycles. The normalized spacial score (nSPS) is 25.2. The fourth-order valence-electron chi connectivity index (χ4n) is 1.39. The number of nitrogens with one attached hydrogen (secondary N) is 1. The number of halogens is 3.